The number of amides is 2. The van der Waals surface area contributed by atoms with Gasteiger partial charge in [-0.2, -0.15) is 0 Å². The molecule has 0 saturated carbocycles. The van der Waals surface area contributed by atoms with Crippen LogP contribution in [-0.2, 0) is 11.8 Å². The largest absolute Gasteiger partial charge is 0.493 e. The number of carbonyl (C=O) groups excluding carboxylic acids is 2. The van der Waals surface area contributed by atoms with Gasteiger partial charge in [0.05, 0.1) is 20.1 Å². The molecule has 0 unspecified atom stereocenters. The Balaban J connectivity index is 1.97. The van der Waals surface area contributed by atoms with Crippen LogP contribution in [0.1, 0.15) is 16.8 Å². The van der Waals surface area contributed by atoms with E-state index in [0.717, 1.165) is 0 Å². The molecule has 2 aromatic rings. The third kappa shape index (κ3) is 4.47. The first-order chi connectivity index (χ1) is 11.0. The number of rotatable bonds is 7. The van der Waals surface area contributed by atoms with Crippen molar-refractivity contribution >= 4 is 17.5 Å². The first kappa shape index (κ1) is 16.3. The summed E-state index contributed by atoms with van der Waals surface area (Å²) in [6, 6.07) is 6.77. The Hall–Kier alpha value is -3.03. The number of primary amides is 1. The number of hydrogen-bond acceptors (Lipinski definition) is 5. The van der Waals surface area contributed by atoms with Gasteiger partial charge in [0, 0.05) is 18.9 Å². The number of ether oxygens (including phenoxy) is 2. The average molecular weight is 318 g/mol. The molecule has 3 N–H and O–H groups in total. The van der Waals surface area contributed by atoms with Gasteiger partial charge in [0.25, 0.3) is 5.91 Å². The van der Waals surface area contributed by atoms with E-state index in [0.29, 0.717) is 17.0 Å². The number of anilines is 1. The van der Waals surface area contributed by atoms with Crippen molar-refractivity contribution in [2.75, 3.05) is 19.0 Å². The topological polar surface area (TPSA) is 108 Å². The van der Waals surface area contributed by atoms with Gasteiger partial charge in [-0.1, -0.05) is 0 Å². The van der Waals surface area contributed by atoms with E-state index in [4.69, 9.17) is 15.2 Å². The molecular weight excluding hydrogens is 300 g/mol. The maximum Gasteiger partial charge on any atom is 0.262 e. The normalized spacial score (nSPS) is 10.2. The molecule has 0 spiro atoms. The summed E-state index contributed by atoms with van der Waals surface area (Å²) in [6.45, 7) is 0.216. The molecule has 1 aromatic carbocycles. The van der Waals surface area contributed by atoms with Crippen LogP contribution in [0.15, 0.2) is 30.5 Å². The number of carbonyl (C=O) groups is 2. The molecule has 0 aliphatic rings. The minimum Gasteiger partial charge on any atom is -0.493 e. The first-order valence-corrected chi connectivity index (χ1v) is 6.89. The summed E-state index contributed by atoms with van der Waals surface area (Å²) in [6.07, 6.45) is 1.73. The van der Waals surface area contributed by atoms with Gasteiger partial charge < -0.3 is 20.5 Å². The Kier molecular flexibility index (Phi) is 5.19. The summed E-state index contributed by atoms with van der Waals surface area (Å²) < 4.78 is 11.9. The lowest BCUT2D eigenvalue weighted by molar-refractivity contribution is -0.118. The maximum atomic E-state index is 12.2. The summed E-state index contributed by atoms with van der Waals surface area (Å²) in [4.78, 5) is 22.8. The molecule has 0 saturated heterocycles. The van der Waals surface area contributed by atoms with Crippen LogP contribution in [0.3, 0.4) is 0 Å². The van der Waals surface area contributed by atoms with Gasteiger partial charge >= 0.3 is 0 Å². The molecule has 8 nitrogen and oxygen atoms in total. The molecule has 0 radical (unpaired) electrons. The van der Waals surface area contributed by atoms with Crippen molar-refractivity contribution in [3.8, 4) is 11.6 Å². The molecule has 1 heterocycles. The van der Waals surface area contributed by atoms with E-state index in [2.05, 4.69) is 10.4 Å². The Labute approximate surface area is 133 Å². The van der Waals surface area contributed by atoms with Crippen LogP contribution >= 0.6 is 0 Å². The van der Waals surface area contributed by atoms with Crippen molar-refractivity contribution in [1.29, 1.82) is 0 Å². The zero-order chi connectivity index (χ0) is 16.8. The Bertz CT molecular complexity index is 694. The van der Waals surface area contributed by atoms with Gasteiger partial charge in [0.15, 0.2) is 0 Å². The van der Waals surface area contributed by atoms with Crippen LogP contribution in [0.5, 0.6) is 11.6 Å². The highest BCUT2D eigenvalue weighted by molar-refractivity contribution is 6.05. The van der Waals surface area contributed by atoms with E-state index < -0.39 is 5.91 Å². The van der Waals surface area contributed by atoms with Gasteiger partial charge in [-0.05, 0) is 24.3 Å². The summed E-state index contributed by atoms with van der Waals surface area (Å²) in [5, 5.41) is 6.78. The lowest BCUT2D eigenvalue weighted by Gasteiger charge is -2.07. The lowest BCUT2D eigenvalue weighted by Crippen LogP contribution is -2.14. The number of aromatic nitrogens is 2. The molecule has 8 heteroatoms. The average Bonchev–Trinajstić information content (AvgIpc) is 2.90. The number of nitrogens with one attached hydrogen (secondary N) is 1. The van der Waals surface area contributed by atoms with Crippen LogP contribution in [0.25, 0.3) is 0 Å². The van der Waals surface area contributed by atoms with E-state index in [1.54, 1.807) is 37.5 Å². The predicted molar refractivity (Wildman–Crippen MR) is 83.5 cm³/mol. The van der Waals surface area contributed by atoms with E-state index in [1.165, 1.54) is 11.8 Å². The number of nitrogens with two attached hydrogens (primary N) is 1. The maximum absolute atomic E-state index is 12.2. The molecule has 0 fully saturated rings. The number of nitrogens with zero attached hydrogens (tertiary/aromatic N) is 2. The Morgan fingerprint density at radius 3 is 2.61 bits per heavy atom. The van der Waals surface area contributed by atoms with Crippen molar-refractivity contribution in [3.63, 3.8) is 0 Å². The van der Waals surface area contributed by atoms with E-state index in [9.17, 15) is 9.59 Å². The molecule has 122 valence electrons. The molecule has 23 heavy (non-hydrogen) atoms. The van der Waals surface area contributed by atoms with Crippen LogP contribution in [0, 0.1) is 0 Å². The monoisotopic (exact) mass is 318 g/mol. The smallest absolute Gasteiger partial charge is 0.262 e. The third-order valence-electron chi connectivity index (χ3n) is 2.96. The van der Waals surface area contributed by atoms with Crippen molar-refractivity contribution in [1.82, 2.24) is 9.78 Å². The fourth-order valence-electron chi connectivity index (χ4n) is 1.88. The fraction of sp³-hybridized carbons (Fsp3) is 0.267. The highest BCUT2D eigenvalue weighted by atomic mass is 16.5. The van der Waals surface area contributed by atoms with E-state index >= 15 is 0 Å². The molecule has 0 aliphatic heterocycles. The standard InChI is InChI=1S/C15H18N4O4/c1-19-9-12(15(18-19)22-2)14(21)17-10-3-5-11(6-4-10)23-8-7-13(16)20/h3-6,9H,7-8H2,1-2H3,(H2,16,20)(H,17,21). The highest BCUT2D eigenvalue weighted by Gasteiger charge is 2.16. The van der Waals surface area contributed by atoms with Gasteiger partial charge in [-0.15, -0.1) is 5.10 Å². The van der Waals surface area contributed by atoms with Crippen LogP contribution in [0.4, 0.5) is 5.69 Å². The van der Waals surface area contributed by atoms with Gasteiger partial charge in [0.1, 0.15) is 11.3 Å². The second kappa shape index (κ2) is 7.30. The van der Waals surface area contributed by atoms with Crippen molar-refractivity contribution in [2.24, 2.45) is 12.8 Å². The zero-order valence-corrected chi connectivity index (χ0v) is 12.9. The minimum absolute atomic E-state index is 0.152. The molecule has 0 bridgehead atoms. The van der Waals surface area contributed by atoms with E-state index in [1.807, 2.05) is 0 Å². The van der Waals surface area contributed by atoms with Crippen LogP contribution in [0.2, 0.25) is 0 Å². The van der Waals surface area contributed by atoms with Crippen molar-refractivity contribution < 1.29 is 19.1 Å². The summed E-state index contributed by atoms with van der Waals surface area (Å²) in [7, 11) is 3.16. The Morgan fingerprint density at radius 1 is 1.30 bits per heavy atom. The number of aryl methyl sites for hydroxylation is 1. The third-order valence-corrected chi connectivity index (χ3v) is 2.96. The molecule has 2 amide bonds. The molecular formula is C15H18N4O4. The van der Waals surface area contributed by atoms with Crippen LogP contribution in [-0.4, -0.2) is 35.3 Å². The quantitative estimate of drug-likeness (QED) is 0.789. The summed E-state index contributed by atoms with van der Waals surface area (Å²) in [5.74, 6) is 0.108. The lowest BCUT2D eigenvalue weighted by atomic mass is 10.2. The highest BCUT2D eigenvalue weighted by Crippen LogP contribution is 2.19. The number of hydrogen-bond donors (Lipinski definition) is 2. The number of benzene rings is 1. The van der Waals surface area contributed by atoms with Gasteiger partial charge in [-0.3, -0.25) is 14.3 Å². The molecule has 0 atom stereocenters. The van der Waals surface area contributed by atoms with E-state index in [-0.39, 0.29) is 24.8 Å². The minimum atomic E-state index is -0.417. The predicted octanol–water partition coefficient (Wildman–Crippen LogP) is 0.935. The first-order valence-electron chi connectivity index (χ1n) is 6.89. The zero-order valence-electron chi connectivity index (χ0n) is 12.9. The molecule has 1 aromatic heterocycles. The fourth-order valence-corrected chi connectivity index (χ4v) is 1.88. The van der Waals surface area contributed by atoms with Crippen molar-refractivity contribution in [3.05, 3.63) is 36.0 Å². The number of methoxy groups -OCH3 is 1. The SMILES string of the molecule is COc1nn(C)cc1C(=O)Nc1ccc(OCCC(N)=O)cc1. The Morgan fingerprint density at radius 2 is 2.00 bits per heavy atom. The molecule has 2 rings (SSSR count). The second-order valence-corrected chi connectivity index (χ2v) is 4.77. The summed E-state index contributed by atoms with van der Waals surface area (Å²) in [5.41, 5.74) is 5.98. The van der Waals surface area contributed by atoms with Gasteiger partial charge in [0.2, 0.25) is 11.8 Å². The van der Waals surface area contributed by atoms with Gasteiger partial charge in [-0.25, -0.2) is 0 Å². The molecule has 0 aliphatic carbocycles. The summed E-state index contributed by atoms with van der Waals surface area (Å²) >= 11 is 0. The van der Waals surface area contributed by atoms with Crippen molar-refractivity contribution in [2.45, 2.75) is 6.42 Å². The van der Waals surface area contributed by atoms with Crippen LogP contribution < -0.4 is 20.5 Å². The second-order valence-electron chi connectivity index (χ2n) is 4.77.